The lowest BCUT2D eigenvalue weighted by Crippen LogP contribution is -2.22. The number of aromatic nitrogens is 2. The van der Waals surface area contributed by atoms with Crippen LogP contribution in [0.15, 0.2) is 58.4 Å². The van der Waals surface area contributed by atoms with Gasteiger partial charge in [0.1, 0.15) is 12.4 Å². The number of carbonyl (C=O) groups excluding carboxylic acids is 1. The van der Waals surface area contributed by atoms with E-state index in [2.05, 4.69) is 31.4 Å². The molecule has 0 fully saturated rings. The molecule has 0 aliphatic carbocycles. The van der Waals surface area contributed by atoms with Crippen molar-refractivity contribution < 1.29 is 9.18 Å². The molecule has 0 saturated heterocycles. The van der Waals surface area contributed by atoms with Crippen LogP contribution in [0.2, 0.25) is 0 Å². The molecule has 1 heterocycles. The second-order valence-electron chi connectivity index (χ2n) is 4.83. The van der Waals surface area contributed by atoms with Gasteiger partial charge in [0.15, 0.2) is 0 Å². The molecule has 3 rings (SSSR count). The molecule has 0 bridgehead atoms. The van der Waals surface area contributed by atoms with Crippen molar-refractivity contribution in [3.05, 3.63) is 64.6 Å². The standard InChI is InChI=1S/C16H12BrFN4O/c17-12-7-11(5-6-13(12)18)8-20-21-16(23)9-22-10-19-14-3-1-2-4-15(14)22/h1-8,10H,9H2,(H,21,23)/b20-8-. The highest BCUT2D eigenvalue weighted by molar-refractivity contribution is 9.10. The molecule has 1 N–H and O–H groups in total. The maximum atomic E-state index is 13.1. The minimum atomic E-state index is -0.349. The Labute approximate surface area is 140 Å². The molecule has 116 valence electrons. The molecular formula is C16H12BrFN4O. The van der Waals surface area contributed by atoms with Crippen molar-refractivity contribution in [2.45, 2.75) is 6.54 Å². The Morgan fingerprint density at radius 1 is 1.35 bits per heavy atom. The summed E-state index contributed by atoms with van der Waals surface area (Å²) in [6, 6.07) is 12.0. The van der Waals surface area contributed by atoms with Crippen molar-refractivity contribution in [2.24, 2.45) is 5.10 Å². The molecule has 0 aliphatic heterocycles. The summed E-state index contributed by atoms with van der Waals surface area (Å²) in [5, 5.41) is 3.87. The Balaban J connectivity index is 1.63. The molecule has 1 aromatic heterocycles. The van der Waals surface area contributed by atoms with Gasteiger partial charge in [-0.05, 0) is 45.8 Å². The SMILES string of the molecule is O=C(Cn1cnc2ccccc21)N/N=C\c1ccc(F)c(Br)c1. The Morgan fingerprint density at radius 3 is 3.00 bits per heavy atom. The van der Waals surface area contributed by atoms with E-state index < -0.39 is 0 Å². The highest BCUT2D eigenvalue weighted by atomic mass is 79.9. The molecule has 0 spiro atoms. The summed E-state index contributed by atoms with van der Waals surface area (Å²) in [5.74, 6) is -0.622. The number of halogens is 2. The van der Waals surface area contributed by atoms with Crippen LogP contribution in [0.1, 0.15) is 5.56 Å². The van der Waals surface area contributed by atoms with Crippen LogP contribution in [-0.4, -0.2) is 21.7 Å². The van der Waals surface area contributed by atoms with Gasteiger partial charge in [-0.25, -0.2) is 14.8 Å². The van der Waals surface area contributed by atoms with Crippen LogP contribution in [0.5, 0.6) is 0 Å². The van der Waals surface area contributed by atoms with Gasteiger partial charge in [-0.1, -0.05) is 18.2 Å². The maximum Gasteiger partial charge on any atom is 0.260 e. The van der Waals surface area contributed by atoms with Crippen molar-refractivity contribution in [3.63, 3.8) is 0 Å². The van der Waals surface area contributed by atoms with Crippen LogP contribution in [0, 0.1) is 5.82 Å². The fourth-order valence-corrected chi connectivity index (χ4v) is 2.49. The maximum absolute atomic E-state index is 13.1. The van der Waals surface area contributed by atoms with Crippen LogP contribution in [0.3, 0.4) is 0 Å². The first-order chi connectivity index (χ1) is 11.1. The van der Waals surface area contributed by atoms with Crippen LogP contribution in [-0.2, 0) is 11.3 Å². The Morgan fingerprint density at radius 2 is 2.17 bits per heavy atom. The van der Waals surface area contributed by atoms with Crippen molar-refractivity contribution in [2.75, 3.05) is 0 Å². The first-order valence-electron chi connectivity index (χ1n) is 6.80. The third kappa shape index (κ3) is 3.62. The van der Waals surface area contributed by atoms with Gasteiger partial charge in [-0.15, -0.1) is 0 Å². The Hall–Kier alpha value is -2.54. The number of imidazole rings is 1. The molecule has 0 saturated carbocycles. The lowest BCUT2D eigenvalue weighted by Gasteiger charge is -2.03. The Kier molecular flexibility index (Phi) is 4.47. The normalized spacial score (nSPS) is 11.2. The second kappa shape index (κ2) is 6.70. The first kappa shape index (κ1) is 15.4. The predicted octanol–water partition coefficient (Wildman–Crippen LogP) is 3.09. The molecular weight excluding hydrogens is 363 g/mol. The molecule has 5 nitrogen and oxygen atoms in total. The van der Waals surface area contributed by atoms with Crippen LogP contribution in [0.25, 0.3) is 11.0 Å². The zero-order valence-corrected chi connectivity index (χ0v) is 13.5. The molecule has 2 aromatic carbocycles. The van der Waals surface area contributed by atoms with Crippen LogP contribution < -0.4 is 5.43 Å². The summed E-state index contributed by atoms with van der Waals surface area (Å²) in [4.78, 5) is 16.1. The fourth-order valence-electron chi connectivity index (χ4n) is 2.10. The van der Waals surface area contributed by atoms with Crippen molar-refractivity contribution in [3.8, 4) is 0 Å². The fraction of sp³-hybridized carbons (Fsp3) is 0.0625. The van der Waals surface area contributed by atoms with E-state index >= 15 is 0 Å². The molecule has 0 radical (unpaired) electrons. The number of nitrogens with zero attached hydrogens (tertiary/aromatic N) is 3. The summed E-state index contributed by atoms with van der Waals surface area (Å²) >= 11 is 3.10. The highest BCUT2D eigenvalue weighted by Crippen LogP contribution is 2.15. The number of fused-ring (bicyclic) bond motifs is 1. The van der Waals surface area contributed by atoms with Gasteiger partial charge in [0.25, 0.3) is 5.91 Å². The van der Waals surface area contributed by atoms with E-state index in [4.69, 9.17) is 0 Å². The van der Waals surface area contributed by atoms with Gasteiger partial charge in [0.2, 0.25) is 0 Å². The van der Waals surface area contributed by atoms with Gasteiger partial charge < -0.3 is 4.57 Å². The third-order valence-corrected chi connectivity index (χ3v) is 3.80. The van der Waals surface area contributed by atoms with E-state index in [0.29, 0.717) is 10.0 Å². The van der Waals surface area contributed by atoms with E-state index in [1.807, 2.05) is 24.3 Å². The summed E-state index contributed by atoms with van der Waals surface area (Å²) in [6.07, 6.45) is 3.07. The number of para-hydroxylation sites is 2. The van der Waals surface area contributed by atoms with Crippen molar-refractivity contribution in [1.29, 1.82) is 0 Å². The minimum absolute atomic E-state index is 0.116. The van der Waals surface area contributed by atoms with Crippen molar-refractivity contribution >= 4 is 39.1 Å². The van der Waals surface area contributed by atoms with E-state index in [-0.39, 0.29) is 18.3 Å². The smallest absolute Gasteiger partial charge is 0.260 e. The minimum Gasteiger partial charge on any atom is -0.321 e. The number of hydrazone groups is 1. The zero-order chi connectivity index (χ0) is 16.2. The lowest BCUT2D eigenvalue weighted by molar-refractivity contribution is -0.121. The number of amides is 1. The van der Waals surface area contributed by atoms with Gasteiger partial charge in [-0.2, -0.15) is 5.10 Å². The summed E-state index contributed by atoms with van der Waals surface area (Å²) in [7, 11) is 0. The number of rotatable bonds is 4. The zero-order valence-electron chi connectivity index (χ0n) is 11.9. The van der Waals surface area contributed by atoms with E-state index in [9.17, 15) is 9.18 Å². The van der Waals surface area contributed by atoms with Gasteiger partial charge in [-0.3, -0.25) is 4.79 Å². The second-order valence-corrected chi connectivity index (χ2v) is 5.68. The molecule has 7 heteroatoms. The molecule has 3 aromatic rings. The Bertz CT molecular complexity index is 891. The quantitative estimate of drug-likeness (QED) is 0.563. The summed E-state index contributed by atoms with van der Waals surface area (Å²) in [5.41, 5.74) is 4.83. The van der Waals surface area contributed by atoms with Crippen molar-refractivity contribution in [1.82, 2.24) is 15.0 Å². The molecule has 0 unspecified atom stereocenters. The topological polar surface area (TPSA) is 59.3 Å². The average Bonchev–Trinajstić information content (AvgIpc) is 2.94. The molecule has 0 atom stereocenters. The highest BCUT2D eigenvalue weighted by Gasteiger charge is 2.06. The lowest BCUT2D eigenvalue weighted by atomic mass is 10.2. The number of nitrogens with one attached hydrogen (secondary N) is 1. The summed E-state index contributed by atoms with van der Waals surface area (Å²) < 4.78 is 15.2. The predicted molar refractivity (Wildman–Crippen MR) is 89.6 cm³/mol. The van der Waals surface area contributed by atoms with Gasteiger partial charge in [0.05, 0.1) is 28.0 Å². The molecule has 23 heavy (non-hydrogen) atoms. The monoisotopic (exact) mass is 374 g/mol. The number of carbonyl (C=O) groups is 1. The number of benzene rings is 2. The van der Waals surface area contributed by atoms with Gasteiger partial charge in [0, 0.05) is 0 Å². The third-order valence-electron chi connectivity index (χ3n) is 3.19. The number of hydrogen-bond donors (Lipinski definition) is 1. The van der Waals surface area contributed by atoms with E-state index in [1.165, 1.54) is 12.3 Å². The van der Waals surface area contributed by atoms with Gasteiger partial charge >= 0.3 is 0 Å². The molecule has 0 aliphatic rings. The largest absolute Gasteiger partial charge is 0.321 e. The average molecular weight is 375 g/mol. The first-order valence-corrected chi connectivity index (χ1v) is 7.59. The van der Waals surface area contributed by atoms with Crippen LogP contribution >= 0.6 is 15.9 Å². The van der Waals surface area contributed by atoms with Crippen LogP contribution in [0.4, 0.5) is 4.39 Å². The summed E-state index contributed by atoms with van der Waals surface area (Å²) in [6.45, 7) is 0.116. The molecule has 1 amide bonds. The van der Waals surface area contributed by atoms with E-state index in [0.717, 1.165) is 11.0 Å². The van der Waals surface area contributed by atoms with E-state index in [1.54, 1.807) is 23.0 Å². The number of hydrogen-bond acceptors (Lipinski definition) is 3.